The molecule has 2 heterocycles. The number of benzene rings is 1. The van der Waals surface area contributed by atoms with Gasteiger partial charge in [-0.25, -0.2) is 8.42 Å². The van der Waals surface area contributed by atoms with Crippen LogP contribution in [0.3, 0.4) is 0 Å². The highest BCUT2D eigenvalue weighted by Gasteiger charge is 2.25. The lowest BCUT2D eigenvalue weighted by molar-refractivity contribution is 0.104. The number of allylic oxidation sites excluding steroid dienone is 1. The summed E-state index contributed by atoms with van der Waals surface area (Å²) in [5.74, 6) is -0.204. The molecule has 0 bridgehead atoms. The molecule has 0 aliphatic carbocycles. The molecule has 0 radical (unpaired) electrons. The zero-order chi connectivity index (χ0) is 17.0. The van der Waals surface area contributed by atoms with Crippen LogP contribution in [0.1, 0.15) is 35.3 Å². The molecule has 1 saturated heterocycles. The minimum atomic E-state index is -3.47. The van der Waals surface area contributed by atoms with Crippen molar-refractivity contribution in [2.45, 2.75) is 24.2 Å². The van der Waals surface area contributed by atoms with Crippen molar-refractivity contribution in [1.82, 2.24) is 13.9 Å². The SMILES string of the molecule is O=C(C=Cc1csnn1)c1ccc(S(=O)(=O)N2CCCCC2)cc1. The number of hydrogen-bond donors (Lipinski definition) is 0. The molecule has 1 aromatic heterocycles. The van der Waals surface area contributed by atoms with Crippen LogP contribution in [-0.4, -0.2) is 41.2 Å². The maximum Gasteiger partial charge on any atom is 0.243 e. The molecule has 0 atom stereocenters. The first kappa shape index (κ1) is 16.9. The molecule has 1 aliphatic heterocycles. The normalized spacial score (nSPS) is 16.5. The Bertz CT molecular complexity index is 822. The first-order chi connectivity index (χ1) is 11.6. The van der Waals surface area contributed by atoms with Gasteiger partial charge in [0.2, 0.25) is 10.0 Å². The molecule has 2 aromatic rings. The highest BCUT2D eigenvalue weighted by atomic mass is 32.2. The van der Waals surface area contributed by atoms with Gasteiger partial charge in [0.15, 0.2) is 5.78 Å². The zero-order valence-electron chi connectivity index (χ0n) is 13.0. The molecular formula is C16H17N3O3S2. The number of hydrogen-bond acceptors (Lipinski definition) is 6. The van der Waals surface area contributed by atoms with Crippen molar-refractivity contribution in [3.8, 4) is 0 Å². The van der Waals surface area contributed by atoms with E-state index < -0.39 is 10.0 Å². The molecule has 8 heteroatoms. The maximum atomic E-state index is 12.6. The van der Waals surface area contributed by atoms with E-state index in [1.54, 1.807) is 23.6 Å². The molecule has 24 heavy (non-hydrogen) atoms. The van der Waals surface area contributed by atoms with E-state index in [9.17, 15) is 13.2 Å². The number of carbonyl (C=O) groups is 1. The van der Waals surface area contributed by atoms with Gasteiger partial charge in [-0.05, 0) is 60.8 Å². The Morgan fingerprint density at radius 2 is 1.83 bits per heavy atom. The average molecular weight is 363 g/mol. The van der Waals surface area contributed by atoms with Gasteiger partial charge in [0, 0.05) is 24.0 Å². The number of piperidine rings is 1. The van der Waals surface area contributed by atoms with Crippen molar-refractivity contribution >= 4 is 33.4 Å². The smallest absolute Gasteiger partial charge is 0.243 e. The molecule has 0 N–H and O–H groups in total. The van der Waals surface area contributed by atoms with Gasteiger partial charge in [-0.1, -0.05) is 10.9 Å². The first-order valence-corrected chi connectivity index (χ1v) is 9.95. The Morgan fingerprint density at radius 1 is 1.12 bits per heavy atom. The summed E-state index contributed by atoms with van der Waals surface area (Å²) >= 11 is 1.21. The highest BCUT2D eigenvalue weighted by molar-refractivity contribution is 7.89. The van der Waals surface area contributed by atoms with Crippen LogP contribution >= 0.6 is 11.5 Å². The van der Waals surface area contributed by atoms with Gasteiger partial charge >= 0.3 is 0 Å². The van der Waals surface area contributed by atoms with E-state index in [1.807, 2.05) is 0 Å². The fourth-order valence-corrected chi connectivity index (χ4v) is 4.49. The van der Waals surface area contributed by atoms with E-state index in [4.69, 9.17) is 0 Å². The summed E-state index contributed by atoms with van der Waals surface area (Å²) in [7, 11) is -3.47. The third-order valence-electron chi connectivity index (χ3n) is 3.87. The maximum absolute atomic E-state index is 12.6. The zero-order valence-corrected chi connectivity index (χ0v) is 14.6. The first-order valence-electron chi connectivity index (χ1n) is 7.67. The number of rotatable bonds is 5. The number of aromatic nitrogens is 2. The molecule has 1 fully saturated rings. The number of nitrogens with zero attached hydrogens (tertiary/aromatic N) is 3. The Balaban J connectivity index is 1.74. The van der Waals surface area contributed by atoms with Crippen LogP contribution in [0.2, 0.25) is 0 Å². The van der Waals surface area contributed by atoms with Crippen molar-refractivity contribution < 1.29 is 13.2 Å². The summed E-state index contributed by atoms with van der Waals surface area (Å²) in [5, 5.41) is 5.56. The van der Waals surface area contributed by atoms with Gasteiger partial charge in [-0.3, -0.25) is 4.79 Å². The highest BCUT2D eigenvalue weighted by Crippen LogP contribution is 2.21. The van der Waals surface area contributed by atoms with Crippen LogP contribution in [0.5, 0.6) is 0 Å². The van der Waals surface area contributed by atoms with E-state index in [2.05, 4.69) is 9.59 Å². The van der Waals surface area contributed by atoms with Crippen molar-refractivity contribution in [2.75, 3.05) is 13.1 Å². The molecule has 1 aliphatic rings. The standard InChI is InChI=1S/C16H17N3O3S2/c20-16(9-6-14-12-23-18-17-14)13-4-7-15(8-5-13)24(21,22)19-10-2-1-3-11-19/h4-9,12H,1-3,10-11H2. The number of sulfonamides is 1. The van der Waals surface area contributed by atoms with Crippen LogP contribution in [-0.2, 0) is 10.0 Å². The Hall–Kier alpha value is -1.90. The molecule has 0 spiro atoms. The van der Waals surface area contributed by atoms with Crippen molar-refractivity contribution in [1.29, 1.82) is 0 Å². The van der Waals surface area contributed by atoms with Crippen molar-refractivity contribution in [3.63, 3.8) is 0 Å². The fourth-order valence-electron chi connectivity index (χ4n) is 2.55. The molecule has 6 nitrogen and oxygen atoms in total. The van der Waals surface area contributed by atoms with Gasteiger partial charge in [0.1, 0.15) is 0 Å². The van der Waals surface area contributed by atoms with Gasteiger partial charge in [0.05, 0.1) is 10.6 Å². The van der Waals surface area contributed by atoms with Gasteiger partial charge in [0.25, 0.3) is 0 Å². The van der Waals surface area contributed by atoms with E-state index >= 15 is 0 Å². The van der Waals surface area contributed by atoms with Gasteiger partial charge < -0.3 is 0 Å². The summed E-state index contributed by atoms with van der Waals surface area (Å²) in [6.07, 6.45) is 5.85. The summed E-state index contributed by atoms with van der Waals surface area (Å²) < 4.78 is 30.4. The molecule has 0 saturated carbocycles. The minimum Gasteiger partial charge on any atom is -0.289 e. The molecule has 1 aromatic carbocycles. The lowest BCUT2D eigenvalue weighted by Crippen LogP contribution is -2.35. The van der Waals surface area contributed by atoms with Crippen LogP contribution in [0.25, 0.3) is 6.08 Å². The molecule has 126 valence electrons. The predicted octanol–water partition coefficient (Wildman–Crippen LogP) is 2.61. The molecule has 3 rings (SSSR count). The summed E-state index contributed by atoms with van der Waals surface area (Å²) in [4.78, 5) is 12.3. The lowest BCUT2D eigenvalue weighted by atomic mass is 10.1. The third-order valence-corrected chi connectivity index (χ3v) is 6.31. The molecule has 0 unspecified atom stereocenters. The number of carbonyl (C=O) groups excluding carboxylic acids is 1. The average Bonchev–Trinajstić information content (AvgIpc) is 3.14. The second-order valence-corrected chi connectivity index (χ2v) is 8.06. The quantitative estimate of drug-likeness (QED) is 0.602. The third kappa shape index (κ3) is 3.77. The van der Waals surface area contributed by atoms with Crippen LogP contribution < -0.4 is 0 Å². The van der Waals surface area contributed by atoms with Crippen LogP contribution in [0, 0.1) is 0 Å². The molecule has 0 amide bonds. The Morgan fingerprint density at radius 3 is 2.46 bits per heavy atom. The Labute approximate surface area is 145 Å². The van der Waals surface area contributed by atoms with Crippen LogP contribution in [0.15, 0.2) is 40.6 Å². The van der Waals surface area contributed by atoms with E-state index in [0.717, 1.165) is 19.3 Å². The summed E-state index contributed by atoms with van der Waals surface area (Å²) in [6.45, 7) is 1.13. The predicted molar refractivity (Wildman–Crippen MR) is 92.3 cm³/mol. The molecular weight excluding hydrogens is 346 g/mol. The lowest BCUT2D eigenvalue weighted by Gasteiger charge is -2.25. The Kier molecular flexibility index (Phi) is 5.17. The van der Waals surface area contributed by atoms with Crippen molar-refractivity contribution in [2.24, 2.45) is 0 Å². The van der Waals surface area contributed by atoms with E-state index in [-0.39, 0.29) is 10.7 Å². The van der Waals surface area contributed by atoms with E-state index in [0.29, 0.717) is 24.3 Å². The largest absolute Gasteiger partial charge is 0.289 e. The van der Waals surface area contributed by atoms with E-state index in [1.165, 1.54) is 34.0 Å². The fraction of sp³-hybridized carbons (Fsp3) is 0.312. The van der Waals surface area contributed by atoms with Gasteiger partial charge in [-0.2, -0.15) is 4.31 Å². The monoisotopic (exact) mass is 363 g/mol. The second-order valence-electron chi connectivity index (χ2n) is 5.52. The minimum absolute atomic E-state index is 0.204. The summed E-state index contributed by atoms with van der Waals surface area (Å²) in [5.41, 5.74) is 1.06. The van der Waals surface area contributed by atoms with Gasteiger partial charge in [-0.15, -0.1) is 5.10 Å². The second kappa shape index (κ2) is 7.33. The summed E-state index contributed by atoms with van der Waals surface area (Å²) in [6, 6.07) is 6.08. The van der Waals surface area contributed by atoms with Crippen molar-refractivity contribution in [3.05, 3.63) is 47.0 Å². The topological polar surface area (TPSA) is 80.2 Å². The number of ketones is 1. The van der Waals surface area contributed by atoms with Crippen LogP contribution in [0.4, 0.5) is 0 Å².